The van der Waals surface area contributed by atoms with Crippen molar-refractivity contribution in [1.29, 1.82) is 0 Å². The van der Waals surface area contributed by atoms with Gasteiger partial charge in [0.05, 0.1) is 12.2 Å². The van der Waals surface area contributed by atoms with Crippen molar-refractivity contribution >= 4 is 5.82 Å². The molecule has 0 amide bonds. The second-order valence-electron chi connectivity index (χ2n) is 3.25. The molecule has 1 rings (SSSR count). The van der Waals surface area contributed by atoms with Crippen LogP contribution >= 0.6 is 0 Å². The normalized spacial score (nSPS) is 11.9. The number of hydrogen-bond donors (Lipinski definition) is 1. The number of hydrogen-bond acceptors (Lipinski definition) is 4. The van der Waals surface area contributed by atoms with E-state index < -0.39 is 0 Å². The van der Waals surface area contributed by atoms with Crippen molar-refractivity contribution in [3.8, 4) is 5.88 Å². The van der Waals surface area contributed by atoms with Crippen molar-refractivity contribution in [1.82, 2.24) is 9.97 Å². The predicted molar refractivity (Wildman–Crippen MR) is 61.2 cm³/mol. The number of nitrogens with one attached hydrogen (secondary N) is 1. The summed E-state index contributed by atoms with van der Waals surface area (Å²) in [5, 5.41) is 3.21. The first kappa shape index (κ1) is 11.5. The molecule has 15 heavy (non-hydrogen) atoms. The molecule has 0 fully saturated rings. The summed E-state index contributed by atoms with van der Waals surface area (Å²) in [7, 11) is 0. The van der Waals surface area contributed by atoms with Gasteiger partial charge >= 0.3 is 0 Å². The summed E-state index contributed by atoms with van der Waals surface area (Å²) < 4.78 is 5.38. The highest BCUT2D eigenvalue weighted by molar-refractivity contribution is 5.48. The Morgan fingerprint density at radius 1 is 1.60 bits per heavy atom. The van der Waals surface area contributed by atoms with E-state index >= 15 is 0 Å². The first-order valence-corrected chi connectivity index (χ1v) is 5.02. The van der Waals surface area contributed by atoms with Crippen LogP contribution in [0.25, 0.3) is 0 Å². The average molecular weight is 207 g/mol. The molecule has 1 heterocycles. The average Bonchev–Trinajstić information content (AvgIpc) is 2.24. The van der Waals surface area contributed by atoms with Crippen LogP contribution in [0.5, 0.6) is 5.88 Å². The monoisotopic (exact) mass is 207 g/mol. The summed E-state index contributed by atoms with van der Waals surface area (Å²) >= 11 is 0. The van der Waals surface area contributed by atoms with Crippen molar-refractivity contribution in [2.75, 3.05) is 11.9 Å². The summed E-state index contributed by atoms with van der Waals surface area (Å²) in [6.07, 6.45) is 3.32. The predicted octanol–water partition coefficient (Wildman–Crippen LogP) is 2.17. The molecule has 1 unspecified atom stereocenters. The summed E-state index contributed by atoms with van der Waals surface area (Å²) in [5.74, 6) is 1.42. The fraction of sp³-hybridized carbons (Fsp3) is 0.455. The second-order valence-corrected chi connectivity index (χ2v) is 3.25. The molecule has 1 aromatic heterocycles. The van der Waals surface area contributed by atoms with Crippen LogP contribution in [0.4, 0.5) is 5.82 Å². The molecule has 4 heteroatoms. The fourth-order valence-electron chi connectivity index (χ4n) is 1.14. The summed E-state index contributed by atoms with van der Waals surface area (Å²) in [4.78, 5) is 8.22. The van der Waals surface area contributed by atoms with Crippen LogP contribution in [0.15, 0.2) is 19.0 Å². The molecule has 0 aromatic carbocycles. The summed E-state index contributed by atoms with van der Waals surface area (Å²) in [5.41, 5.74) is 0.924. The van der Waals surface area contributed by atoms with Crippen LogP contribution in [0.3, 0.4) is 0 Å². The molecule has 0 aliphatic rings. The van der Waals surface area contributed by atoms with Crippen LogP contribution in [0.1, 0.15) is 19.4 Å². The standard InChI is InChI=1S/C11H17N3O/c1-5-8(3)14-10-9(4)11(15-6-2)13-7-12-10/h5,7-8H,1,6H2,2-4H3,(H,12,13,14). The molecular formula is C11H17N3O. The molecule has 0 saturated carbocycles. The maximum atomic E-state index is 5.38. The molecule has 0 radical (unpaired) electrons. The topological polar surface area (TPSA) is 47.0 Å². The van der Waals surface area contributed by atoms with Crippen LogP contribution < -0.4 is 10.1 Å². The zero-order valence-electron chi connectivity index (χ0n) is 9.45. The Balaban J connectivity index is 2.88. The SMILES string of the molecule is C=CC(C)Nc1ncnc(OCC)c1C. The molecule has 0 spiro atoms. The Bertz CT molecular complexity index is 339. The van der Waals surface area contributed by atoms with E-state index in [1.165, 1.54) is 6.33 Å². The zero-order valence-corrected chi connectivity index (χ0v) is 9.45. The molecule has 1 aromatic rings. The number of rotatable bonds is 5. The second kappa shape index (κ2) is 5.34. The highest BCUT2D eigenvalue weighted by Gasteiger charge is 2.08. The van der Waals surface area contributed by atoms with E-state index in [1.54, 1.807) is 0 Å². The number of aromatic nitrogens is 2. The molecule has 4 nitrogen and oxygen atoms in total. The van der Waals surface area contributed by atoms with Crippen LogP contribution in [0, 0.1) is 6.92 Å². The van der Waals surface area contributed by atoms with E-state index in [2.05, 4.69) is 21.9 Å². The smallest absolute Gasteiger partial charge is 0.221 e. The van der Waals surface area contributed by atoms with Gasteiger partial charge in [0, 0.05) is 6.04 Å². The molecule has 1 N–H and O–H groups in total. The summed E-state index contributed by atoms with van der Waals surface area (Å²) in [6.45, 7) is 10.2. The summed E-state index contributed by atoms with van der Waals surface area (Å²) in [6, 6.07) is 0.174. The van der Waals surface area contributed by atoms with Crippen molar-refractivity contribution in [3.05, 3.63) is 24.5 Å². The molecular weight excluding hydrogens is 190 g/mol. The van der Waals surface area contributed by atoms with E-state index in [9.17, 15) is 0 Å². The van der Waals surface area contributed by atoms with Gasteiger partial charge in [0.25, 0.3) is 0 Å². The third-order valence-electron chi connectivity index (χ3n) is 2.04. The van der Waals surface area contributed by atoms with Crippen molar-refractivity contribution in [2.24, 2.45) is 0 Å². The maximum Gasteiger partial charge on any atom is 0.221 e. The molecule has 0 bridgehead atoms. The number of anilines is 1. The fourth-order valence-corrected chi connectivity index (χ4v) is 1.14. The minimum Gasteiger partial charge on any atom is -0.478 e. The minimum atomic E-state index is 0.174. The minimum absolute atomic E-state index is 0.174. The van der Waals surface area contributed by atoms with Gasteiger partial charge in [-0.2, -0.15) is 0 Å². The molecule has 0 aliphatic carbocycles. The highest BCUT2D eigenvalue weighted by Crippen LogP contribution is 2.20. The number of ether oxygens (including phenoxy) is 1. The van der Waals surface area contributed by atoms with Crippen LogP contribution in [-0.2, 0) is 0 Å². The Hall–Kier alpha value is -1.58. The van der Waals surface area contributed by atoms with E-state index in [1.807, 2.05) is 26.8 Å². The molecule has 1 atom stereocenters. The lowest BCUT2D eigenvalue weighted by atomic mass is 10.3. The Morgan fingerprint density at radius 2 is 2.33 bits per heavy atom. The maximum absolute atomic E-state index is 5.38. The van der Waals surface area contributed by atoms with Gasteiger partial charge in [0.1, 0.15) is 12.1 Å². The largest absolute Gasteiger partial charge is 0.478 e. The van der Waals surface area contributed by atoms with Gasteiger partial charge in [-0.3, -0.25) is 0 Å². The van der Waals surface area contributed by atoms with E-state index in [-0.39, 0.29) is 6.04 Å². The van der Waals surface area contributed by atoms with Crippen molar-refractivity contribution in [2.45, 2.75) is 26.8 Å². The lowest BCUT2D eigenvalue weighted by Crippen LogP contribution is -2.14. The van der Waals surface area contributed by atoms with E-state index in [0.717, 1.165) is 11.4 Å². The van der Waals surface area contributed by atoms with Gasteiger partial charge in [0.15, 0.2) is 0 Å². The molecule has 0 saturated heterocycles. The molecule has 0 aliphatic heterocycles. The van der Waals surface area contributed by atoms with Crippen molar-refractivity contribution in [3.63, 3.8) is 0 Å². The number of nitrogens with zero attached hydrogens (tertiary/aromatic N) is 2. The van der Waals surface area contributed by atoms with Crippen LogP contribution in [0.2, 0.25) is 0 Å². The van der Waals surface area contributed by atoms with Gasteiger partial charge in [-0.15, -0.1) is 6.58 Å². The van der Waals surface area contributed by atoms with Gasteiger partial charge in [-0.25, -0.2) is 9.97 Å². The van der Waals surface area contributed by atoms with Gasteiger partial charge in [-0.05, 0) is 20.8 Å². The van der Waals surface area contributed by atoms with Gasteiger partial charge in [0.2, 0.25) is 5.88 Å². The first-order chi connectivity index (χ1) is 7.19. The first-order valence-electron chi connectivity index (χ1n) is 5.02. The third kappa shape index (κ3) is 2.94. The van der Waals surface area contributed by atoms with Crippen LogP contribution in [-0.4, -0.2) is 22.6 Å². The lowest BCUT2D eigenvalue weighted by molar-refractivity contribution is 0.324. The Morgan fingerprint density at radius 3 is 2.93 bits per heavy atom. The van der Waals surface area contributed by atoms with Crippen molar-refractivity contribution < 1.29 is 4.74 Å². The Kier molecular flexibility index (Phi) is 4.09. The highest BCUT2D eigenvalue weighted by atomic mass is 16.5. The Labute approximate surface area is 90.4 Å². The van der Waals surface area contributed by atoms with Gasteiger partial charge < -0.3 is 10.1 Å². The molecule has 82 valence electrons. The quantitative estimate of drug-likeness (QED) is 0.752. The van der Waals surface area contributed by atoms with E-state index in [4.69, 9.17) is 4.74 Å². The van der Waals surface area contributed by atoms with Gasteiger partial charge in [-0.1, -0.05) is 6.08 Å². The zero-order chi connectivity index (χ0) is 11.3. The van der Waals surface area contributed by atoms with E-state index in [0.29, 0.717) is 12.5 Å². The third-order valence-corrected chi connectivity index (χ3v) is 2.04. The lowest BCUT2D eigenvalue weighted by Gasteiger charge is -2.13.